The Morgan fingerprint density at radius 2 is 1.67 bits per heavy atom. The minimum absolute atomic E-state index is 0.0538. The summed E-state index contributed by atoms with van der Waals surface area (Å²) in [6.45, 7) is 3.03. The summed E-state index contributed by atoms with van der Waals surface area (Å²) in [5.74, 6) is -0.364. The molecule has 0 aromatic carbocycles. The van der Waals surface area contributed by atoms with Crippen molar-refractivity contribution in [2.24, 2.45) is 5.92 Å². The molecule has 1 aromatic heterocycles. The lowest BCUT2D eigenvalue weighted by Gasteiger charge is -2.22. The van der Waals surface area contributed by atoms with E-state index in [4.69, 9.17) is 5.11 Å². The Labute approximate surface area is 123 Å². The van der Waals surface area contributed by atoms with Crippen LogP contribution in [-0.2, 0) is 6.42 Å². The van der Waals surface area contributed by atoms with Crippen molar-refractivity contribution in [3.05, 3.63) is 23.8 Å². The van der Waals surface area contributed by atoms with Gasteiger partial charge in [0, 0.05) is 18.5 Å². The Bertz CT molecular complexity index is 414. The second-order valence-corrected chi connectivity index (χ2v) is 5.23. The van der Waals surface area contributed by atoms with Crippen LogP contribution in [0.4, 0.5) is 0 Å². The van der Waals surface area contributed by atoms with Crippen molar-refractivity contribution in [3.8, 4) is 0 Å². The van der Waals surface area contributed by atoms with E-state index in [0.717, 1.165) is 0 Å². The molecule has 0 saturated carbocycles. The third-order valence-corrected chi connectivity index (χ3v) is 3.60. The highest BCUT2D eigenvalue weighted by Gasteiger charge is 2.24. The molecule has 1 aromatic rings. The molecule has 120 valence electrons. The van der Waals surface area contributed by atoms with Crippen LogP contribution in [0, 0.1) is 5.92 Å². The zero-order valence-electron chi connectivity index (χ0n) is 12.3. The fourth-order valence-corrected chi connectivity index (χ4v) is 1.95. The molecule has 0 radical (unpaired) electrons. The highest BCUT2D eigenvalue weighted by Crippen LogP contribution is 2.23. The molecular formula is C14H24N2O5. The van der Waals surface area contributed by atoms with Crippen LogP contribution in [0.1, 0.15) is 37.8 Å². The van der Waals surface area contributed by atoms with Gasteiger partial charge in [0.15, 0.2) is 0 Å². The summed E-state index contributed by atoms with van der Waals surface area (Å²) in [6, 6.07) is 0. The highest BCUT2D eigenvalue weighted by atomic mass is 16.4. The van der Waals surface area contributed by atoms with Crippen LogP contribution < -0.4 is 0 Å². The van der Waals surface area contributed by atoms with Crippen molar-refractivity contribution >= 4 is 0 Å². The van der Waals surface area contributed by atoms with E-state index in [0.29, 0.717) is 17.8 Å². The summed E-state index contributed by atoms with van der Waals surface area (Å²) in [4.78, 5) is 8.14. The highest BCUT2D eigenvalue weighted by molar-refractivity contribution is 5.07. The SMILES string of the molecule is CCC(O)C(C)C(O)c1cnc(CC(O)C(O)CO)cn1. The Morgan fingerprint density at radius 3 is 2.14 bits per heavy atom. The maximum absolute atomic E-state index is 10.1. The predicted molar refractivity (Wildman–Crippen MR) is 75.3 cm³/mol. The van der Waals surface area contributed by atoms with Gasteiger partial charge in [0.2, 0.25) is 0 Å². The van der Waals surface area contributed by atoms with Crippen LogP contribution in [0.15, 0.2) is 12.4 Å². The van der Waals surface area contributed by atoms with E-state index >= 15 is 0 Å². The number of nitrogens with zero attached hydrogens (tertiary/aromatic N) is 2. The number of aliphatic hydroxyl groups is 5. The second kappa shape index (κ2) is 8.35. The molecule has 0 spiro atoms. The average Bonchev–Trinajstić information content (AvgIpc) is 2.52. The van der Waals surface area contributed by atoms with Gasteiger partial charge in [-0.15, -0.1) is 0 Å². The molecule has 1 heterocycles. The number of aliphatic hydroxyl groups excluding tert-OH is 5. The summed E-state index contributed by atoms with van der Waals surface area (Å²) in [5.41, 5.74) is 0.783. The number of rotatable bonds is 8. The van der Waals surface area contributed by atoms with Crippen LogP contribution in [0.2, 0.25) is 0 Å². The zero-order chi connectivity index (χ0) is 16.0. The molecule has 7 nitrogen and oxygen atoms in total. The van der Waals surface area contributed by atoms with Crippen molar-refractivity contribution in [2.45, 2.75) is 51.1 Å². The fourth-order valence-electron chi connectivity index (χ4n) is 1.95. The maximum atomic E-state index is 10.1. The first-order chi connectivity index (χ1) is 9.90. The maximum Gasteiger partial charge on any atom is 0.103 e. The Balaban J connectivity index is 2.69. The van der Waals surface area contributed by atoms with Gasteiger partial charge in [0.1, 0.15) is 12.2 Å². The molecule has 5 unspecified atom stereocenters. The minimum atomic E-state index is -1.23. The molecule has 7 heteroatoms. The van der Waals surface area contributed by atoms with Crippen LogP contribution in [0.3, 0.4) is 0 Å². The van der Waals surface area contributed by atoms with Crippen molar-refractivity contribution < 1.29 is 25.5 Å². The van der Waals surface area contributed by atoms with E-state index < -0.39 is 31.0 Å². The predicted octanol–water partition coefficient (Wildman–Crippen LogP) is -0.826. The standard InChI is InChI=1S/C14H24N2O5/c1-3-11(18)8(2)14(21)10-6-15-9(5-16-10)4-12(19)13(20)7-17/h5-6,8,11-14,17-21H,3-4,7H2,1-2H3. The summed E-state index contributed by atoms with van der Waals surface area (Å²) < 4.78 is 0. The lowest BCUT2D eigenvalue weighted by molar-refractivity contribution is -0.0137. The molecule has 21 heavy (non-hydrogen) atoms. The van der Waals surface area contributed by atoms with Gasteiger partial charge >= 0.3 is 0 Å². The largest absolute Gasteiger partial charge is 0.394 e. The third-order valence-electron chi connectivity index (χ3n) is 3.60. The third kappa shape index (κ3) is 4.98. The molecule has 0 saturated heterocycles. The molecule has 5 N–H and O–H groups in total. The van der Waals surface area contributed by atoms with Gasteiger partial charge in [-0.1, -0.05) is 13.8 Å². The Morgan fingerprint density at radius 1 is 1.00 bits per heavy atom. The van der Waals surface area contributed by atoms with Crippen molar-refractivity contribution in [2.75, 3.05) is 6.61 Å². The summed E-state index contributed by atoms with van der Waals surface area (Å²) in [7, 11) is 0. The second-order valence-electron chi connectivity index (χ2n) is 5.23. The number of aromatic nitrogens is 2. The number of hydrogen-bond donors (Lipinski definition) is 5. The molecule has 0 aliphatic carbocycles. The first kappa shape index (κ1) is 17.9. The first-order valence-corrected chi connectivity index (χ1v) is 7.04. The van der Waals surface area contributed by atoms with Crippen LogP contribution >= 0.6 is 0 Å². The smallest absolute Gasteiger partial charge is 0.103 e. The number of hydrogen-bond acceptors (Lipinski definition) is 7. The van der Waals surface area contributed by atoms with Crippen molar-refractivity contribution in [1.82, 2.24) is 9.97 Å². The lowest BCUT2D eigenvalue weighted by atomic mass is 9.94. The molecule has 0 aliphatic rings. The topological polar surface area (TPSA) is 127 Å². The van der Waals surface area contributed by atoms with Gasteiger partial charge in [0.25, 0.3) is 0 Å². The monoisotopic (exact) mass is 300 g/mol. The molecular weight excluding hydrogens is 276 g/mol. The summed E-state index contributed by atoms with van der Waals surface area (Å²) in [6.07, 6.45) is -0.517. The Hall–Kier alpha value is -1.12. The van der Waals surface area contributed by atoms with E-state index in [9.17, 15) is 20.4 Å². The van der Waals surface area contributed by atoms with Crippen LogP contribution in [0.25, 0.3) is 0 Å². The normalized spacial score (nSPS) is 18.8. The molecule has 0 fully saturated rings. The van der Waals surface area contributed by atoms with Gasteiger partial charge in [-0.25, -0.2) is 0 Å². The summed E-state index contributed by atoms with van der Waals surface area (Å²) >= 11 is 0. The lowest BCUT2D eigenvalue weighted by Crippen LogP contribution is -2.31. The summed E-state index contributed by atoms with van der Waals surface area (Å²) in [5, 5.41) is 47.4. The molecule has 0 amide bonds. The molecule has 1 rings (SSSR count). The van der Waals surface area contributed by atoms with E-state index in [1.165, 1.54) is 12.4 Å². The Kier molecular flexibility index (Phi) is 7.13. The van der Waals surface area contributed by atoms with Gasteiger partial charge in [-0.3, -0.25) is 9.97 Å². The van der Waals surface area contributed by atoms with E-state index in [2.05, 4.69) is 9.97 Å². The first-order valence-electron chi connectivity index (χ1n) is 7.04. The molecule has 5 atom stereocenters. The van der Waals surface area contributed by atoms with E-state index in [1.807, 2.05) is 6.92 Å². The van der Waals surface area contributed by atoms with Gasteiger partial charge in [0.05, 0.1) is 36.4 Å². The van der Waals surface area contributed by atoms with Gasteiger partial charge < -0.3 is 25.5 Å². The van der Waals surface area contributed by atoms with Crippen molar-refractivity contribution in [3.63, 3.8) is 0 Å². The minimum Gasteiger partial charge on any atom is -0.394 e. The van der Waals surface area contributed by atoms with Gasteiger partial charge in [-0.05, 0) is 6.42 Å². The van der Waals surface area contributed by atoms with Gasteiger partial charge in [-0.2, -0.15) is 0 Å². The molecule has 0 aliphatic heterocycles. The van der Waals surface area contributed by atoms with Crippen LogP contribution in [-0.4, -0.2) is 60.4 Å². The van der Waals surface area contributed by atoms with E-state index in [-0.39, 0.29) is 12.3 Å². The quantitative estimate of drug-likeness (QED) is 0.424. The van der Waals surface area contributed by atoms with E-state index in [1.54, 1.807) is 6.92 Å². The van der Waals surface area contributed by atoms with Crippen molar-refractivity contribution in [1.29, 1.82) is 0 Å². The molecule has 0 bridgehead atoms. The fraction of sp³-hybridized carbons (Fsp3) is 0.714. The average molecular weight is 300 g/mol. The zero-order valence-corrected chi connectivity index (χ0v) is 12.3. The van der Waals surface area contributed by atoms with Crippen LogP contribution in [0.5, 0.6) is 0 Å².